The first kappa shape index (κ1) is 18.5. The molecule has 2 rings (SSSR count). The third-order valence-corrected chi connectivity index (χ3v) is 3.68. The van der Waals surface area contributed by atoms with Crippen LogP contribution in [-0.2, 0) is 4.79 Å². The average Bonchev–Trinajstić information content (AvgIpc) is 2.54. The van der Waals surface area contributed by atoms with Crippen molar-refractivity contribution in [1.82, 2.24) is 5.43 Å². The highest BCUT2D eigenvalue weighted by molar-refractivity contribution is 5.84. The van der Waals surface area contributed by atoms with Crippen molar-refractivity contribution in [2.75, 3.05) is 19.0 Å². The fourth-order valence-electron chi connectivity index (χ4n) is 2.38. The number of nitrogens with zero attached hydrogens (tertiary/aromatic N) is 2. The summed E-state index contributed by atoms with van der Waals surface area (Å²) in [5.41, 5.74) is 6.73. The number of nitrogens with one attached hydrogen (secondary N) is 1. The van der Waals surface area contributed by atoms with Gasteiger partial charge in [-0.1, -0.05) is 18.2 Å². The summed E-state index contributed by atoms with van der Waals surface area (Å²) in [7, 11) is 3.97. The zero-order valence-electron chi connectivity index (χ0n) is 15.4. The van der Waals surface area contributed by atoms with Gasteiger partial charge in [-0.05, 0) is 61.7 Å². The molecular weight excluding hydrogens is 314 g/mol. The van der Waals surface area contributed by atoms with E-state index in [2.05, 4.69) is 16.6 Å². The van der Waals surface area contributed by atoms with Gasteiger partial charge in [0.15, 0.2) is 6.10 Å². The maximum Gasteiger partial charge on any atom is 0.280 e. The molecule has 1 atom stereocenters. The number of hydrogen-bond acceptors (Lipinski definition) is 4. The van der Waals surface area contributed by atoms with E-state index in [0.717, 1.165) is 22.4 Å². The lowest BCUT2D eigenvalue weighted by Crippen LogP contribution is -2.33. The molecule has 2 aromatic carbocycles. The monoisotopic (exact) mass is 339 g/mol. The third-order valence-electron chi connectivity index (χ3n) is 3.68. The summed E-state index contributed by atoms with van der Waals surface area (Å²) in [6, 6.07) is 13.8. The lowest BCUT2D eigenvalue weighted by Gasteiger charge is -2.14. The maximum atomic E-state index is 12.1. The molecule has 1 N–H and O–H groups in total. The lowest BCUT2D eigenvalue weighted by atomic mass is 10.1. The topological polar surface area (TPSA) is 53.9 Å². The number of carbonyl (C=O) groups is 1. The average molecular weight is 339 g/mol. The summed E-state index contributed by atoms with van der Waals surface area (Å²) in [6.07, 6.45) is 0.982. The largest absolute Gasteiger partial charge is 0.481 e. The number of hydrazone groups is 1. The molecule has 132 valence electrons. The summed E-state index contributed by atoms with van der Waals surface area (Å²) in [5.74, 6) is 0.392. The van der Waals surface area contributed by atoms with Crippen LogP contribution in [0.4, 0.5) is 5.69 Å². The van der Waals surface area contributed by atoms with Gasteiger partial charge in [0.25, 0.3) is 5.91 Å². The van der Waals surface area contributed by atoms with E-state index in [1.165, 1.54) is 0 Å². The molecule has 0 heterocycles. The Morgan fingerprint density at radius 1 is 1.12 bits per heavy atom. The summed E-state index contributed by atoms with van der Waals surface area (Å²) in [6.45, 7) is 5.70. The molecule has 25 heavy (non-hydrogen) atoms. The van der Waals surface area contributed by atoms with Gasteiger partial charge in [0.2, 0.25) is 0 Å². The Morgan fingerprint density at radius 3 is 2.28 bits per heavy atom. The van der Waals surface area contributed by atoms with Crippen LogP contribution < -0.4 is 15.1 Å². The normalized spacial score (nSPS) is 12.0. The van der Waals surface area contributed by atoms with Crippen molar-refractivity contribution < 1.29 is 9.53 Å². The first-order valence-electron chi connectivity index (χ1n) is 8.20. The Bertz CT molecular complexity index is 732. The Balaban J connectivity index is 1.90. The van der Waals surface area contributed by atoms with E-state index in [0.29, 0.717) is 5.75 Å². The molecule has 2 aromatic rings. The number of rotatable bonds is 6. The van der Waals surface area contributed by atoms with Crippen molar-refractivity contribution in [1.29, 1.82) is 0 Å². The van der Waals surface area contributed by atoms with E-state index in [-0.39, 0.29) is 5.91 Å². The Hall–Kier alpha value is -2.82. The molecule has 1 amide bonds. The van der Waals surface area contributed by atoms with Crippen LogP contribution in [0.15, 0.2) is 47.6 Å². The summed E-state index contributed by atoms with van der Waals surface area (Å²) >= 11 is 0. The highest BCUT2D eigenvalue weighted by Crippen LogP contribution is 2.17. The van der Waals surface area contributed by atoms with Crippen LogP contribution in [-0.4, -0.2) is 32.3 Å². The molecule has 5 heteroatoms. The van der Waals surface area contributed by atoms with Crippen molar-refractivity contribution in [2.45, 2.75) is 26.9 Å². The fraction of sp³-hybridized carbons (Fsp3) is 0.300. The van der Waals surface area contributed by atoms with Crippen LogP contribution in [0.3, 0.4) is 0 Å². The second kappa shape index (κ2) is 8.33. The number of hydrogen-bond donors (Lipinski definition) is 1. The molecule has 0 aliphatic heterocycles. The van der Waals surface area contributed by atoms with Gasteiger partial charge in [-0.2, -0.15) is 5.10 Å². The van der Waals surface area contributed by atoms with Crippen LogP contribution in [0, 0.1) is 13.8 Å². The van der Waals surface area contributed by atoms with Gasteiger partial charge >= 0.3 is 0 Å². The third kappa shape index (κ3) is 5.64. The second-order valence-electron chi connectivity index (χ2n) is 6.30. The first-order valence-corrected chi connectivity index (χ1v) is 8.20. The smallest absolute Gasteiger partial charge is 0.280 e. The summed E-state index contributed by atoms with van der Waals surface area (Å²) < 4.78 is 5.69. The zero-order chi connectivity index (χ0) is 18.4. The Kier molecular flexibility index (Phi) is 6.17. The van der Waals surface area contributed by atoms with Gasteiger partial charge in [-0.15, -0.1) is 0 Å². The standard InChI is InChI=1S/C20H25N3O2/c1-14-10-15(2)12-19(11-14)25-16(3)20(24)22-21-13-17-6-8-18(9-7-17)23(4)5/h6-13,16H,1-5H3,(H,22,24)/t16-/m1/s1. The number of ether oxygens (including phenoxy) is 1. The van der Waals surface area contributed by atoms with Crippen LogP contribution in [0.25, 0.3) is 0 Å². The predicted octanol–water partition coefficient (Wildman–Crippen LogP) is 3.29. The fourth-order valence-corrected chi connectivity index (χ4v) is 2.38. The van der Waals surface area contributed by atoms with Gasteiger partial charge in [-0.25, -0.2) is 5.43 Å². The zero-order valence-corrected chi connectivity index (χ0v) is 15.4. The van der Waals surface area contributed by atoms with E-state index in [1.54, 1.807) is 13.1 Å². The van der Waals surface area contributed by atoms with Crippen molar-refractivity contribution in [2.24, 2.45) is 5.10 Å². The molecule has 0 unspecified atom stereocenters. The van der Waals surface area contributed by atoms with Gasteiger partial charge < -0.3 is 9.64 Å². The molecule has 0 fully saturated rings. The number of benzene rings is 2. The molecule has 0 bridgehead atoms. The van der Waals surface area contributed by atoms with Crippen molar-refractivity contribution in [3.05, 3.63) is 59.2 Å². The van der Waals surface area contributed by atoms with Crippen LogP contribution >= 0.6 is 0 Å². The van der Waals surface area contributed by atoms with Crippen molar-refractivity contribution in [3.63, 3.8) is 0 Å². The number of anilines is 1. The molecule has 0 aromatic heterocycles. The number of carbonyl (C=O) groups excluding carboxylic acids is 1. The highest BCUT2D eigenvalue weighted by atomic mass is 16.5. The summed E-state index contributed by atoms with van der Waals surface area (Å²) in [5, 5.41) is 4.00. The second-order valence-corrected chi connectivity index (χ2v) is 6.30. The van der Waals surface area contributed by atoms with Gasteiger partial charge in [0.05, 0.1) is 6.21 Å². The van der Waals surface area contributed by atoms with Crippen LogP contribution in [0.1, 0.15) is 23.6 Å². The molecular formula is C20H25N3O2. The minimum Gasteiger partial charge on any atom is -0.481 e. The quantitative estimate of drug-likeness (QED) is 0.649. The van der Waals surface area contributed by atoms with Crippen LogP contribution in [0.2, 0.25) is 0 Å². The maximum absolute atomic E-state index is 12.1. The van der Waals surface area contributed by atoms with E-state index in [9.17, 15) is 4.79 Å². The van der Waals surface area contributed by atoms with Gasteiger partial charge in [-0.3, -0.25) is 4.79 Å². The number of amides is 1. The predicted molar refractivity (Wildman–Crippen MR) is 103 cm³/mol. The first-order chi connectivity index (χ1) is 11.8. The van der Waals surface area contributed by atoms with E-state index < -0.39 is 6.10 Å². The molecule has 0 saturated heterocycles. The minimum absolute atomic E-state index is 0.291. The Labute approximate surface area is 149 Å². The van der Waals surface area contributed by atoms with Gasteiger partial charge in [0.1, 0.15) is 5.75 Å². The highest BCUT2D eigenvalue weighted by Gasteiger charge is 2.14. The van der Waals surface area contributed by atoms with Gasteiger partial charge in [0, 0.05) is 19.8 Å². The van der Waals surface area contributed by atoms with Crippen LogP contribution in [0.5, 0.6) is 5.75 Å². The van der Waals surface area contributed by atoms with E-state index in [1.807, 2.05) is 69.2 Å². The number of aryl methyl sites for hydroxylation is 2. The van der Waals surface area contributed by atoms with Crippen molar-refractivity contribution >= 4 is 17.8 Å². The summed E-state index contributed by atoms with van der Waals surface area (Å²) in [4.78, 5) is 14.1. The molecule has 0 radical (unpaired) electrons. The molecule has 0 saturated carbocycles. The van der Waals surface area contributed by atoms with E-state index >= 15 is 0 Å². The Morgan fingerprint density at radius 2 is 1.72 bits per heavy atom. The van der Waals surface area contributed by atoms with E-state index in [4.69, 9.17) is 4.74 Å². The SMILES string of the molecule is Cc1cc(C)cc(O[C@H](C)C(=O)NN=Cc2ccc(N(C)C)cc2)c1. The molecule has 0 spiro atoms. The lowest BCUT2D eigenvalue weighted by molar-refractivity contribution is -0.127. The minimum atomic E-state index is -0.630. The van der Waals surface area contributed by atoms with Crippen molar-refractivity contribution in [3.8, 4) is 5.75 Å². The molecule has 0 aliphatic carbocycles. The molecule has 5 nitrogen and oxygen atoms in total. The molecule has 0 aliphatic rings.